The van der Waals surface area contributed by atoms with E-state index in [-0.39, 0.29) is 11.9 Å². The summed E-state index contributed by atoms with van der Waals surface area (Å²) in [6.45, 7) is 1.48. The van der Waals surface area contributed by atoms with E-state index >= 15 is 0 Å². The van der Waals surface area contributed by atoms with Gasteiger partial charge >= 0.3 is 11.9 Å². The molecule has 0 aliphatic carbocycles. The van der Waals surface area contributed by atoms with Gasteiger partial charge in [0.2, 0.25) is 0 Å². The van der Waals surface area contributed by atoms with Crippen LogP contribution < -0.4 is 11.5 Å². The van der Waals surface area contributed by atoms with E-state index in [1.807, 2.05) is 0 Å². The van der Waals surface area contributed by atoms with Crippen LogP contribution in [-0.2, 0) is 14.3 Å². The number of hydrogen-bond donors (Lipinski definition) is 2. The molecular weight excluding hydrogens is 292 g/mol. The minimum atomic E-state index is -0.386. The Labute approximate surface area is 141 Å². The molecule has 0 spiro atoms. The number of rotatable bonds is 16. The van der Waals surface area contributed by atoms with Gasteiger partial charge < -0.3 is 16.2 Å². The van der Waals surface area contributed by atoms with Gasteiger partial charge in [-0.15, -0.1) is 0 Å². The van der Waals surface area contributed by atoms with Crippen molar-refractivity contribution in [2.45, 2.75) is 89.9 Å². The Morgan fingerprint density at radius 3 is 1.17 bits per heavy atom. The van der Waals surface area contributed by atoms with Crippen LogP contribution in [-0.4, -0.2) is 25.0 Å². The van der Waals surface area contributed by atoms with E-state index in [1.165, 1.54) is 25.7 Å². The zero-order valence-electron chi connectivity index (χ0n) is 14.7. The molecular formula is C18H36N2O3. The smallest absolute Gasteiger partial charge is 0.313 e. The maximum absolute atomic E-state index is 11.5. The lowest BCUT2D eigenvalue weighted by Gasteiger charge is -2.04. The Hall–Kier alpha value is -0.940. The molecule has 0 heterocycles. The minimum Gasteiger partial charge on any atom is -0.393 e. The normalized spacial score (nSPS) is 10.7. The Kier molecular flexibility index (Phi) is 16.7. The fourth-order valence-corrected chi connectivity index (χ4v) is 2.47. The van der Waals surface area contributed by atoms with Gasteiger partial charge in [-0.3, -0.25) is 9.59 Å². The summed E-state index contributed by atoms with van der Waals surface area (Å²) in [5.74, 6) is -0.762. The third kappa shape index (κ3) is 17.2. The third-order valence-electron chi connectivity index (χ3n) is 3.90. The molecule has 0 aliphatic rings. The van der Waals surface area contributed by atoms with E-state index < -0.39 is 0 Å². The first-order valence-electron chi connectivity index (χ1n) is 9.34. The molecule has 0 radical (unpaired) electrons. The van der Waals surface area contributed by atoms with Crippen LogP contribution >= 0.6 is 0 Å². The fraction of sp³-hybridized carbons (Fsp3) is 0.889. The Balaban J connectivity index is 3.34. The molecule has 0 aromatic rings. The molecule has 0 aromatic carbocycles. The molecule has 0 amide bonds. The van der Waals surface area contributed by atoms with Gasteiger partial charge in [-0.05, 0) is 38.8 Å². The van der Waals surface area contributed by atoms with Gasteiger partial charge in [0.15, 0.2) is 0 Å². The van der Waals surface area contributed by atoms with Gasteiger partial charge in [0.05, 0.1) is 0 Å². The lowest BCUT2D eigenvalue weighted by molar-refractivity contribution is -0.159. The summed E-state index contributed by atoms with van der Waals surface area (Å²) in [7, 11) is 0. The molecule has 0 saturated heterocycles. The van der Waals surface area contributed by atoms with Crippen molar-refractivity contribution in [2.75, 3.05) is 13.1 Å². The average molecular weight is 328 g/mol. The van der Waals surface area contributed by atoms with E-state index in [0.29, 0.717) is 19.4 Å². The first kappa shape index (κ1) is 22.1. The Morgan fingerprint density at radius 1 is 0.522 bits per heavy atom. The van der Waals surface area contributed by atoms with Crippen molar-refractivity contribution < 1.29 is 14.3 Å². The number of ether oxygens (including phenoxy) is 1. The highest BCUT2D eigenvalue weighted by Gasteiger charge is 2.09. The van der Waals surface area contributed by atoms with Crippen LogP contribution in [0.1, 0.15) is 89.9 Å². The topological polar surface area (TPSA) is 95.4 Å². The molecule has 0 unspecified atom stereocenters. The second-order valence-electron chi connectivity index (χ2n) is 6.17. The molecule has 0 aliphatic heterocycles. The van der Waals surface area contributed by atoms with Gasteiger partial charge in [-0.25, -0.2) is 0 Å². The van der Waals surface area contributed by atoms with Crippen LogP contribution in [0.5, 0.6) is 0 Å². The highest BCUT2D eigenvalue weighted by atomic mass is 16.6. The highest BCUT2D eigenvalue weighted by molar-refractivity contribution is 5.85. The summed E-state index contributed by atoms with van der Waals surface area (Å²) < 4.78 is 4.81. The number of esters is 2. The molecule has 0 rings (SSSR count). The van der Waals surface area contributed by atoms with Crippen molar-refractivity contribution in [1.82, 2.24) is 0 Å². The maximum atomic E-state index is 11.5. The van der Waals surface area contributed by atoms with Crippen molar-refractivity contribution in [3.63, 3.8) is 0 Å². The van der Waals surface area contributed by atoms with Crippen LogP contribution in [0.2, 0.25) is 0 Å². The molecule has 0 saturated carbocycles. The fourth-order valence-electron chi connectivity index (χ4n) is 2.47. The Morgan fingerprint density at radius 2 is 0.826 bits per heavy atom. The number of hydrogen-bond acceptors (Lipinski definition) is 5. The molecule has 0 atom stereocenters. The summed E-state index contributed by atoms with van der Waals surface area (Å²) in [5, 5.41) is 0. The van der Waals surface area contributed by atoms with Gasteiger partial charge in [-0.2, -0.15) is 0 Å². The molecule has 5 heteroatoms. The molecule has 136 valence electrons. The summed E-state index contributed by atoms with van der Waals surface area (Å²) in [4.78, 5) is 23.0. The lowest BCUT2D eigenvalue weighted by Crippen LogP contribution is -2.11. The van der Waals surface area contributed by atoms with E-state index in [2.05, 4.69) is 0 Å². The third-order valence-corrected chi connectivity index (χ3v) is 3.90. The Bertz CT molecular complexity index is 296. The van der Waals surface area contributed by atoms with E-state index in [0.717, 1.165) is 57.9 Å². The zero-order valence-corrected chi connectivity index (χ0v) is 14.7. The largest absolute Gasteiger partial charge is 0.393 e. The number of nitrogens with two attached hydrogens (primary N) is 2. The van der Waals surface area contributed by atoms with Crippen molar-refractivity contribution in [1.29, 1.82) is 0 Å². The van der Waals surface area contributed by atoms with Gasteiger partial charge in [0.1, 0.15) is 0 Å². The predicted molar refractivity (Wildman–Crippen MR) is 93.8 cm³/mol. The standard InChI is InChI=1S/C18H36N2O3/c19-15-11-7-4-2-1-3-5-9-13-17(21)23-18(22)14-10-6-8-12-16-20/h1-16,19-20H2. The van der Waals surface area contributed by atoms with Crippen molar-refractivity contribution in [2.24, 2.45) is 11.5 Å². The van der Waals surface area contributed by atoms with Gasteiger partial charge in [-0.1, -0.05) is 51.4 Å². The molecule has 0 fully saturated rings. The lowest BCUT2D eigenvalue weighted by atomic mass is 10.1. The number of unbranched alkanes of at least 4 members (excludes halogenated alkanes) is 10. The summed E-state index contributed by atoms with van der Waals surface area (Å²) >= 11 is 0. The summed E-state index contributed by atoms with van der Waals surface area (Å²) in [5.41, 5.74) is 10.8. The molecule has 0 aromatic heterocycles. The molecule has 23 heavy (non-hydrogen) atoms. The summed E-state index contributed by atoms with van der Waals surface area (Å²) in [6, 6.07) is 0. The SMILES string of the molecule is NCCCCCCCCCCC(=O)OC(=O)CCCCCCN. The summed E-state index contributed by atoms with van der Waals surface area (Å²) in [6.07, 6.45) is 13.5. The highest BCUT2D eigenvalue weighted by Crippen LogP contribution is 2.10. The average Bonchev–Trinajstić information content (AvgIpc) is 2.53. The predicted octanol–water partition coefficient (Wildman–Crippen LogP) is 3.44. The number of carbonyl (C=O) groups excluding carboxylic acids is 2. The first-order chi connectivity index (χ1) is 11.2. The van der Waals surface area contributed by atoms with E-state index in [4.69, 9.17) is 16.2 Å². The van der Waals surface area contributed by atoms with Gasteiger partial charge in [0, 0.05) is 12.8 Å². The van der Waals surface area contributed by atoms with Crippen LogP contribution in [0, 0.1) is 0 Å². The molecule has 5 nitrogen and oxygen atoms in total. The number of carbonyl (C=O) groups is 2. The second-order valence-corrected chi connectivity index (χ2v) is 6.17. The van der Waals surface area contributed by atoms with Crippen molar-refractivity contribution >= 4 is 11.9 Å². The van der Waals surface area contributed by atoms with Crippen LogP contribution in [0.3, 0.4) is 0 Å². The van der Waals surface area contributed by atoms with Crippen LogP contribution in [0.25, 0.3) is 0 Å². The minimum absolute atomic E-state index is 0.332. The molecule has 0 bridgehead atoms. The van der Waals surface area contributed by atoms with Crippen LogP contribution in [0.4, 0.5) is 0 Å². The maximum Gasteiger partial charge on any atom is 0.313 e. The van der Waals surface area contributed by atoms with Gasteiger partial charge in [0.25, 0.3) is 0 Å². The quantitative estimate of drug-likeness (QED) is 0.257. The van der Waals surface area contributed by atoms with Crippen LogP contribution in [0.15, 0.2) is 0 Å². The molecule has 4 N–H and O–H groups in total. The van der Waals surface area contributed by atoms with Crippen molar-refractivity contribution in [3.05, 3.63) is 0 Å². The van der Waals surface area contributed by atoms with E-state index in [9.17, 15) is 9.59 Å². The first-order valence-corrected chi connectivity index (χ1v) is 9.34. The van der Waals surface area contributed by atoms with Crippen molar-refractivity contribution in [3.8, 4) is 0 Å². The monoisotopic (exact) mass is 328 g/mol. The van der Waals surface area contributed by atoms with E-state index in [1.54, 1.807) is 0 Å². The zero-order chi connectivity index (χ0) is 17.2. The second kappa shape index (κ2) is 17.4.